The first kappa shape index (κ1) is 5.74. The second-order valence-corrected chi connectivity index (χ2v) is 1.38. The number of rotatable bonds is 1. The molecule has 2 radical (unpaired) electrons. The lowest BCUT2D eigenvalue weighted by Crippen LogP contribution is -1.74. The van der Waals surface area contributed by atoms with Crippen LogP contribution in [-0.2, 0) is 0 Å². The Labute approximate surface area is 39.9 Å². The molecule has 0 saturated heterocycles. The van der Waals surface area contributed by atoms with Crippen molar-refractivity contribution in [3.8, 4) is 0 Å². The number of hydrogen-bond acceptors (Lipinski definition) is 0. The second kappa shape index (κ2) is 2.95. The Morgan fingerprint density at radius 2 is 2.17 bits per heavy atom. The molecule has 0 heterocycles. The maximum Gasteiger partial charge on any atom is -0.0228 e. The summed E-state index contributed by atoms with van der Waals surface area (Å²) >= 11 is 0. The van der Waals surface area contributed by atoms with Crippen molar-refractivity contribution in [2.75, 3.05) is 0 Å². The highest BCUT2D eigenvalue weighted by molar-refractivity contribution is 4.83. The third-order valence-corrected chi connectivity index (χ3v) is 0.496. The van der Waals surface area contributed by atoms with Gasteiger partial charge in [0, 0.05) is 0 Å². The molecule has 0 rings (SSSR count). The predicted octanol–water partition coefficient (Wildman–Crippen LogP) is 1.91. The fraction of sp³-hybridized carbons (Fsp3) is 0.500. The summed E-state index contributed by atoms with van der Waals surface area (Å²) in [7, 11) is 0. The van der Waals surface area contributed by atoms with E-state index in [1.165, 1.54) is 0 Å². The highest BCUT2D eigenvalue weighted by Crippen LogP contribution is 1.89. The largest absolute Gasteiger partial charge is 0.0914 e. The van der Waals surface area contributed by atoms with Gasteiger partial charge in [-0.2, -0.15) is 0 Å². The highest BCUT2D eigenvalue weighted by Gasteiger charge is 1.77. The van der Waals surface area contributed by atoms with Crippen LogP contribution in [0.1, 0.15) is 13.8 Å². The Balaban J connectivity index is 3.03. The minimum absolute atomic E-state index is 0.218. The summed E-state index contributed by atoms with van der Waals surface area (Å²) in [5.74, 6) is 0.218. The van der Waals surface area contributed by atoms with Gasteiger partial charge in [-0.3, -0.25) is 0 Å². The van der Waals surface area contributed by atoms with Gasteiger partial charge in [-0.25, -0.2) is 0 Å². The van der Waals surface area contributed by atoms with Gasteiger partial charge >= 0.3 is 0 Å². The molecule has 0 bridgehead atoms. The molecule has 0 fully saturated rings. The zero-order valence-corrected chi connectivity index (χ0v) is 4.31. The molecule has 0 N–H and O–H groups in total. The molecule has 1 atom stereocenters. The monoisotopic (exact) mass is 82.1 g/mol. The Morgan fingerprint density at radius 1 is 1.67 bits per heavy atom. The van der Waals surface area contributed by atoms with Crippen LogP contribution in [0.25, 0.3) is 0 Å². The van der Waals surface area contributed by atoms with Crippen LogP contribution < -0.4 is 0 Å². The van der Waals surface area contributed by atoms with E-state index in [1.807, 2.05) is 26.0 Å². The zero-order chi connectivity index (χ0) is 4.99. The summed E-state index contributed by atoms with van der Waals surface area (Å²) in [6.45, 7) is 9.22. The molecule has 34 valence electrons. The van der Waals surface area contributed by atoms with Crippen molar-refractivity contribution in [3.63, 3.8) is 0 Å². The summed E-state index contributed by atoms with van der Waals surface area (Å²) in [5.41, 5.74) is 0. The van der Waals surface area contributed by atoms with Gasteiger partial charge in [0.15, 0.2) is 0 Å². The first-order valence-corrected chi connectivity index (χ1v) is 2.15. The summed E-state index contributed by atoms with van der Waals surface area (Å²) in [5, 5.41) is 0. The molecule has 0 aliphatic carbocycles. The van der Waals surface area contributed by atoms with Crippen LogP contribution >= 0.6 is 0 Å². The quantitative estimate of drug-likeness (QED) is 0.424. The van der Waals surface area contributed by atoms with Gasteiger partial charge in [-0.05, 0) is 19.8 Å². The zero-order valence-electron chi connectivity index (χ0n) is 4.31. The molecule has 0 heteroatoms. The molecule has 0 aliphatic heterocycles. The summed E-state index contributed by atoms with van der Waals surface area (Å²) in [6, 6.07) is 0. The first-order chi connectivity index (χ1) is 2.77. The fourth-order valence-electron chi connectivity index (χ4n) is 0.304. The van der Waals surface area contributed by atoms with Crippen LogP contribution in [0.5, 0.6) is 0 Å². The molecule has 0 amide bonds. The smallest absolute Gasteiger partial charge is 0.0228 e. The molecule has 0 spiro atoms. The summed E-state index contributed by atoms with van der Waals surface area (Å²) in [4.78, 5) is 0. The Morgan fingerprint density at radius 3 is 2.17 bits per heavy atom. The highest BCUT2D eigenvalue weighted by atomic mass is 13.8. The van der Waals surface area contributed by atoms with Crippen LogP contribution in [0.2, 0.25) is 0 Å². The molecule has 0 saturated carbocycles. The van der Waals surface area contributed by atoms with Crippen LogP contribution in [-0.4, -0.2) is 0 Å². The van der Waals surface area contributed by atoms with E-state index in [9.17, 15) is 0 Å². The lowest BCUT2D eigenvalue weighted by Gasteiger charge is -1.86. The van der Waals surface area contributed by atoms with Gasteiger partial charge in [0.1, 0.15) is 0 Å². The van der Waals surface area contributed by atoms with Crippen LogP contribution in [0.4, 0.5) is 0 Å². The van der Waals surface area contributed by atoms with E-state index in [0.717, 1.165) is 0 Å². The van der Waals surface area contributed by atoms with Crippen molar-refractivity contribution in [1.29, 1.82) is 0 Å². The molecule has 1 unspecified atom stereocenters. The van der Waals surface area contributed by atoms with Crippen molar-refractivity contribution in [2.45, 2.75) is 13.8 Å². The third kappa shape index (κ3) is 3.74. The maximum absolute atomic E-state index is 5.32. The van der Waals surface area contributed by atoms with Gasteiger partial charge in [-0.1, -0.05) is 19.1 Å². The number of hydrogen-bond donors (Lipinski definition) is 0. The van der Waals surface area contributed by atoms with Gasteiger partial charge in [0.25, 0.3) is 0 Å². The van der Waals surface area contributed by atoms with Crippen LogP contribution in [0.15, 0.2) is 12.2 Å². The normalized spacial score (nSPS) is 11.3. The van der Waals surface area contributed by atoms with Gasteiger partial charge < -0.3 is 0 Å². The average molecular weight is 82.1 g/mol. The molecule has 0 aromatic rings. The molecule has 0 aromatic carbocycles. The lowest BCUT2D eigenvalue weighted by atomic mass is 10.2. The van der Waals surface area contributed by atoms with E-state index in [-0.39, 0.29) is 5.92 Å². The van der Waals surface area contributed by atoms with E-state index in [1.54, 1.807) is 0 Å². The molecule has 6 heavy (non-hydrogen) atoms. The first-order valence-electron chi connectivity index (χ1n) is 2.15. The second-order valence-electron chi connectivity index (χ2n) is 1.38. The van der Waals surface area contributed by atoms with E-state index in [2.05, 4.69) is 0 Å². The van der Waals surface area contributed by atoms with E-state index in [4.69, 9.17) is 6.92 Å². The van der Waals surface area contributed by atoms with E-state index in [0.29, 0.717) is 0 Å². The maximum atomic E-state index is 5.32. The topological polar surface area (TPSA) is 0 Å². The van der Waals surface area contributed by atoms with Gasteiger partial charge in [0.05, 0.1) is 0 Å². The minimum Gasteiger partial charge on any atom is -0.0914 e. The molecular weight excluding hydrogens is 72.1 g/mol. The van der Waals surface area contributed by atoms with E-state index < -0.39 is 0 Å². The minimum atomic E-state index is 0.218. The van der Waals surface area contributed by atoms with Crippen molar-refractivity contribution in [1.82, 2.24) is 0 Å². The Hall–Kier alpha value is -0.260. The lowest BCUT2D eigenvalue weighted by molar-refractivity contribution is 0.934. The van der Waals surface area contributed by atoms with Crippen molar-refractivity contribution in [2.24, 2.45) is 5.92 Å². The van der Waals surface area contributed by atoms with Crippen LogP contribution in [0.3, 0.4) is 0 Å². The molecule has 0 aliphatic rings. The van der Waals surface area contributed by atoms with E-state index >= 15 is 0 Å². The Bertz CT molecular complexity index is 42.0. The SMILES string of the molecule is [CH]C(C)C=CC. The summed E-state index contributed by atoms with van der Waals surface area (Å²) < 4.78 is 0. The average Bonchev–Trinajstić information content (AvgIpc) is 1.35. The van der Waals surface area contributed by atoms with Gasteiger partial charge in [0.2, 0.25) is 0 Å². The molecule has 0 nitrogen and oxygen atoms in total. The number of allylic oxidation sites excluding steroid dienone is 2. The standard InChI is InChI=1S/C6H10/c1-4-5-6(2)3/h2,4-6H,1,3H3. The molecular formula is C6H10. The predicted molar refractivity (Wildman–Crippen MR) is 28.3 cm³/mol. The van der Waals surface area contributed by atoms with Crippen LogP contribution in [0, 0.1) is 12.8 Å². The van der Waals surface area contributed by atoms with Crippen molar-refractivity contribution in [3.05, 3.63) is 19.1 Å². The third-order valence-electron chi connectivity index (χ3n) is 0.496. The van der Waals surface area contributed by atoms with Gasteiger partial charge in [-0.15, -0.1) is 0 Å². The Kier molecular flexibility index (Phi) is 2.82. The molecule has 0 aromatic heterocycles. The van der Waals surface area contributed by atoms with Crippen molar-refractivity contribution < 1.29 is 0 Å². The summed E-state index contributed by atoms with van der Waals surface area (Å²) in [6.07, 6.45) is 3.89. The fourth-order valence-corrected chi connectivity index (χ4v) is 0.304. The van der Waals surface area contributed by atoms with Crippen molar-refractivity contribution >= 4 is 0 Å².